The van der Waals surface area contributed by atoms with E-state index in [2.05, 4.69) is 26.2 Å². The van der Waals surface area contributed by atoms with Gasteiger partial charge in [-0.1, -0.05) is 12.1 Å². The van der Waals surface area contributed by atoms with Crippen LogP contribution in [0.25, 0.3) is 10.6 Å². The van der Waals surface area contributed by atoms with Crippen LogP contribution in [0.1, 0.15) is 9.67 Å². The molecule has 20 heavy (non-hydrogen) atoms. The molecule has 0 saturated carbocycles. The van der Waals surface area contributed by atoms with Gasteiger partial charge in [0.25, 0.3) is 5.91 Å². The Morgan fingerprint density at radius 1 is 1.25 bits per heavy atom. The van der Waals surface area contributed by atoms with E-state index in [4.69, 9.17) is 0 Å². The lowest BCUT2D eigenvalue weighted by molar-refractivity contribution is 0.103. The summed E-state index contributed by atoms with van der Waals surface area (Å²) in [5.41, 5.74) is 1.78. The summed E-state index contributed by atoms with van der Waals surface area (Å²) in [5.74, 6) is -0.100. The van der Waals surface area contributed by atoms with Crippen molar-refractivity contribution in [2.24, 2.45) is 0 Å². The van der Waals surface area contributed by atoms with Crippen molar-refractivity contribution in [2.75, 3.05) is 5.32 Å². The summed E-state index contributed by atoms with van der Waals surface area (Å²) in [6.07, 6.45) is 1.77. The molecule has 0 aliphatic rings. The SMILES string of the molecule is O=C(Nc1cccc(-c2nccs2)c1)c1ccc(Br)s1. The lowest BCUT2D eigenvalue weighted by Gasteiger charge is -2.05. The molecule has 0 aliphatic carbocycles. The first-order chi connectivity index (χ1) is 9.72. The molecule has 3 rings (SSSR count). The van der Waals surface area contributed by atoms with Crippen molar-refractivity contribution >= 4 is 50.2 Å². The maximum atomic E-state index is 12.1. The quantitative estimate of drug-likeness (QED) is 0.718. The maximum Gasteiger partial charge on any atom is 0.265 e. The molecule has 1 aromatic carbocycles. The van der Waals surface area contributed by atoms with E-state index in [1.54, 1.807) is 23.6 Å². The van der Waals surface area contributed by atoms with Gasteiger partial charge < -0.3 is 5.32 Å². The fraction of sp³-hybridized carbons (Fsp3) is 0. The second-order valence-electron chi connectivity index (χ2n) is 3.98. The van der Waals surface area contributed by atoms with Crippen LogP contribution in [0.4, 0.5) is 5.69 Å². The van der Waals surface area contributed by atoms with Crippen molar-refractivity contribution in [3.8, 4) is 10.6 Å². The molecular formula is C14H9BrN2OS2. The number of benzene rings is 1. The molecule has 3 aromatic rings. The van der Waals surface area contributed by atoms with Crippen molar-refractivity contribution in [3.05, 3.63) is 56.6 Å². The van der Waals surface area contributed by atoms with Gasteiger partial charge in [-0.05, 0) is 40.2 Å². The molecule has 0 spiro atoms. The van der Waals surface area contributed by atoms with Crippen LogP contribution in [0, 0.1) is 0 Å². The lowest BCUT2D eigenvalue weighted by Crippen LogP contribution is -2.09. The molecule has 0 aliphatic heterocycles. The Kier molecular flexibility index (Phi) is 3.95. The van der Waals surface area contributed by atoms with Gasteiger partial charge in [0, 0.05) is 22.8 Å². The van der Waals surface area contributed by atoms with Gasteiger partial charge in [-0.3, -0.25) is 4.79 Å². The van der Waals surface area contributed by atoms with E-state index >= 15 is 0 Å². The first-order valence-corrected chi connectivity index (χ1v) is 8.28. The number of halogens is 1. The fourth-order valence-corrected chi connectivity index (χ4v) is 3.64. The van der Waals surface area contributed by atoms with Crippen molar-refractivity contribution in [1.29, 1.82) is 0 Å². The van der Waals surface area contributed by atoms with Crippen LogP contribution in [-0.4, -0.2) is 10.9 Å². The number of anilines is 1. The zero-order valence-corrected chi connectivity index (χ0v) is 13.4. The van der Waals surface area contributed by atoms with E-state index in [9.17, 15) is 4.79 Å². The molecule has 1 amide bonds. The number of hydrogen-bond donors (Lipinski definition) is 1. The Balaban J connectivity index is 1.81. The number of thiophene rings is 1. The number of thiazole rings is 1. The molecule has 1 N–H and O–H groups in total. The Hall–Kier alpha value is -1.50. The summed E-state index contributed by atoms with van der Waals surface area (Å²) in [7, 11) is 0. The number of aromatic nitrogens is 1. The number of carbonyl (C=O) groups excluding carboxylic acids is 1. The standard InChI is InChI=1S/C14H9BrN2OS2/c15-12-5-4-11(20-12)13(18)17-10-3-1-2-9(8-10)14-16-6-7-19-14/h1-8H,(H,17,18). The third-order valence-electron chi connectivity index (χ3n) is 2.60. The van der Waals surface area contributed by atoms with Crippen LogP contribution in [0.3, 0.4) is 0 Å². The highest BCUT2D eigenvalue weighted by atomic mass is 79.9. The van der Waals surface area contributed by atoms with Crippen LogP contribution in [0.2, 0.25) is 0 Å². The summed E-state index contributed by atoms with van der Waals surface area (Å²) >= 11 is 6.34. The molecule has 0 saturated heterocycles. The minimum absolute atomic E-state index is 0.100. The molecule has 0 fully saturated rings. The molecule has 2 aromatic heterocycles. The molecule has 0 radical (unpaired) electrons. The predicted molar refractivity (Wildman–Crippen MR) is 87.5 cm³/mol. The van der Waals surface area contributed by atoms with Crippen LogP contribution < -0.4 is 5.32 Å². The minimum Gasteiger partial charge on any atom is -0.321 e. The minimum atomic E-state index is -0.100. The Morgan fingerprint density at radius 2 is 2.15 bits per heavy atom. The maximum absolute atomic E-state index is 12.1. The fourth-order valence-electron chi connectivity index (χ4n) is 1.73. The predicted octanol–water partition coefficient (Wildman–Crippen LogP) is 4.89. The number of nitrogens with one attached hydrogen (secondary N) is 1. The van der Waals surface area contributed by atoms with Crippen molar-refractivity contribution in [3.63, 3.8) is 0 Å². The summed E-state index contributed by atoms with van der Waals surface area (Å²) in [6, 6.07) is 11.4. The average molecular weight is 365 g/mol. The van der Waals surface area contributed by atoms with Crippen LogP contribution in [0.5, 0.6) is 0 Å². The molecule has 0 atom stereocenters. The second kappa shape index (κ2) is 5.87. The third-order valence-corrected chi connectivity index (χ3v) is 5.04. The summed E-state index contributed by atoms with van der Waals surface area (Å²) < 4.78 is 0.944. The first-order valence-electron chi connectivity index (χ1n) is 5.79. The van der Waals surface area contributed by atoms with E-state index in [1.807, 2.05) is 35.7 Å². The van der Waals surface area contributed by atoms with Crippen LogP contribution >= 0.6 is 38.6 Å². The Labute approximate surface area is 132 Å². The number of amides is 1. The van der Waals surface area contributed by atoms with Gasteiger partial charge in [0.05, 0.1) is 8.66 Å². The van der Waals surface area contributed by atoms with Gasteiger partial charge >= 0.3 is 0 Å². The monoisotopic (exact) mass is 364 g/mol. The smallest absolute Gasteiger partial charge is 0.265 e. The third kappa shape index (κ3) is 2.98. The zero-order chi connectivity index (χ0) is 13.9. The highest BCUT2D eigenvalue weighted by Crippen LogP contribution is 2.26. The lowest BCUT2D eigenvalue weighted by atomic mass is 10.2. The second-order valence-corrected chi connectivity index (χ2v) is 7.33. The molecule has 100 valence electrons. The first kappa shape index (κ1) is 13.5. The summed E-state index contributed by atoms with van der Waals surface area (Å²) in [6.45, 7) is 0. The Bertz CT molecular complexity index is 737. The zero-order valence-electron chi connectivity index (χ0n) is 10.2. The molecule has 6 heteroatoms. The van der Waals surface area contributed by atoms with Gasteiger partial charge in [0.15, 0.2) is 0 Å². The van der Waals surface area contributed by atoms with Crippen molar-refractivity contribution < 1.29 is 4.79 Å². The van der Waals surface area contributed by atoms with Crippen molar-refractivity contribution in [2.45, 2.75) is 0 Å². The van der Waals surface area contributed by atoms with E-state index in [-0.39, 0.29) is 5.91 Å². The van der Waals surface area contributed by atoms with Gasteiger partial charge in [0.1, 0.15) is 5.01 Å². The Morgan fingerprint density at radius 3 is 2.85 bits per heavy atom. The van der Waals surface area contributed by atoms with E-state index in [0.29, 0.717) is 4.88 Å². The van der Waals surface area contributed by atoms with Crippen molar-refractivity contribution in [1.82, 2.24) is 4.98 Å². The van der Waals surface area contributed by atoms with E-state index in [0.717, 1.165) is 20.0 Å². The van der Waals surface area contributed by atoms with Gasteiger partial charge in [0.2, 0.25) is 0 Å². The average Bonchev–Trinajstić information content (AvgIpc) is 3.10. The molecule has 2 heterocycles. The molecule has 0 unspecified atom stereocenters. The molecular weight excluding hydrogens is 356 g/mol. The topological polar surface area (TPSA) is 42.0 Å². The normalized spacial score (nSPS) is 10.4. The van der Waals surface area contributed by atoms with E-state index < -0.39 is 0 Å². The number of rotatable bonds is 3. The molecule has 0 bridgehead atoms. The van der Waals surface area contributed by atoms with Crippen LogP contribution in [-0.2, 0) is 0 Å². The molecule has 3 nitrogen and oxygen atoms in total. The summed E-state index contributed by atoms with van der Waals surface area (Å²) in [5, 5.41) is 5.78. The largest absolute Gasteiger partial charge is 0.321 e. The van der Waals surface area contributed by atoms with Gasteiger partial charge in [-0.2, -0.15) is 0 Å². The highest BCUT2D eigenvalue weighted by Gasteiger charge is 2.09. The number of carbonyl (C=O) groups is 1. The highest BCUT2D eigenvalue weighted by molar-refractivity contribution is 9.11. The number of hydrogen-bond acceptors (Lipinski definition) is 4. The van der Waals surface area contributed by atoms with Crippen LogP contribution in [0.15, 0.2) is 51.8 Å². The van der Waals surface area contributed by atoms with E-state index in [1.165, 1.54) is 11.3 Å². The summed E-state index contributed by atoms with van der Waals surface area (Å²) in [4.78, 5) is 17.0. The van der Waals surface area contributed by atoms with Gasteiger partial charge in [-0.25, -0.2) is 4.98 Å². The number of nitrogens with zero attached hydrogens (tertiary/aromatic N) is 1. The van der Waals surface area contributed by atoms with Gasteiger partial charge in [-0.15, -0.1) is 22.7 Å².